The van der Waals surface area contributed by atoms with Crippen molar-refractivity contribution in [1.29, 1.82) is 0 Å². The van der Waals surface area contributed by atoms with E-state index in [1.165, 1.54) is 0 Å². The number of hydrogen-bond acceptors (Lipinski definition) is 4. The maximum atomic E-state index is 12.6. The summed E-state index contributed by atoms with van der Waals surface area (Å²) in [7, 11) is 1.60. The number of carbonyl (C=O) groups excluding carboxylic acids is 2. The number of fused-ring (bicyclic) bond motifs is 1. The Morgan fingerprint density at radius 3 is 3.00 bits per heavy atom. The molecule has 1 atom stereocenters. The quantitative estimate of drug-likeness (QED) is 0.854. The van der Waals surface area contributed by atoms with Gasteiger partial charge in [0.15, 0.2) is 5.58 Å². The van der Waals surface area contributed by atoms with Gasteiger partial charge in [0.25, 0.3) is 5.91 Å². The SMILES string of the molecule is CNC(=O)C1CCCN(C(=O)c2ccc3oc(=O)[nH]c3c2)C1. The largest absolute Gasteiger partial charge is 0.417 e. The molecule has 2 aromatic rings. The molecule has 7 heteroatoms. The highest BCUT2D eigenvalue weighted by Gasteiger charge is 2.28. The van der Waals surface area contributed by atoms with Gasteiger partial charge in [-0.05, 0) is 31.0 Å². The maximum Gasteiger partial charge on any atom is 0.417 e. The molecule has 116 valence electrons. The van der Waals surface area contributed by atoms with E-state index in [1.807, 2.05) is 0 Å². The number of aromatic amines is 1. The Bertz CT molecular complexity index is 776. The molecule has 1 aromatic heterocycles. The summed E-state index contributed by atoms with van der Waals surface area (Å²) >= 11 is 0. The lowest BCUT2D eigenvalue weighted by molar-refractivity contribution is -0.125. The fourth-order valence-corrected chi connectivity index (χ4v) is 2.85. The Morgan fingerprint density at radius 2 is 2.23 bits per heavy atom. The zero-order valence-corrected chi connectivity index (χ0v) is 12.2. The summed E-state index contributed by atoms with van der Waals surface area (Å²) in [4.78, 5) is 39.7. The Morgan fingerprint density at radius 1 is 1.41 bits per heavy atom. The first-order chi connectivity index (χ1) is 10.6. The maximum absolute atomic E-state index is 12.6. The van der Waals surface area contributed by atoms with E-state index in [4.69, 9.17) is 4.42 Å². The molecule has 0 saturated carbocycles. The third kappa shape index (κ3) is 2.61. The molecular formula is C15H17N3O4. The van der Waals surface area contributed by atoms with Crippen LogP contribution in [0.1, 0.15) is 23.2 Å². The number of nitrogens with zero attached hydrogens (tertiary/aromatic N) is 1. The summed E-state index contributed by atoms with van der Waals surface area (Å²) in [6.45, 7) is 1.05. The number of oxazole rings is 1. The van der Waals surface area contributed by atoms with Crippen LogP contribution in [0.2, 0.25) is 0 Å². The Kier molecular flexibility index (Phi) is 3.70. The Hall–Kier alpha value is -2.57. The predicted octanol–water partition coefficient (Wildman–Crippen LogP) is 0.719. The van der Waals surface area contributed by atoms with Crippen molar-refractivity contribution in [3.63, 3.8) is 0 Å². The molecule has 1 unspecified atom stereocenters. The fourth-order valence-electron chi connectivity index (χ4n) is 2.85. The van der Waals surface area contributed by atoms with Gasteiger partial charge < -0.3 is 14.6 Å². The minimum Gasteiger partial charge on any atom is -0.408 e. The topological polar surface area (TPSA) is 95.4 Å². The van der Waals surface area contributed by atoms with E-state index in [-0.39, 0.29) is 17.7 Å². The number of benzene rings is 1. The molecule has 1 aliphatic rings. The molecule has 7 nitrogen and oxygen atoms in total. The molecule has 2 heterocycles. The summed E-state index contributed by atoms with van der Waals surface area (Å²) in [5, 5.41) is 2.63. The molecule has 2 N–H and O–H groups in total. The van der Waals surface area contributed by atoms with Crippen LogP contribution in [-0.2, 0) is 4.79 Å². The van der Waals surface area contributed by atoms with Gasteiger partial charge in [-0.15, -0.1) is 0 Å². The number of carbonyl (C=O) groups is 2. The second kappa shape index (κ2) is 5.67. The normalized spacial score (nSPS) is 18.4. The smallest absolute Gasteiger partial charge is 0.408 e. The van der Waals surface area contributed by atoms with E-state index < -0.39 is 5.76 Å². The van der Waals surface area contributed by atoms with Crippen molar-refractivity contribution < 1.29 is 14.0 Å². The summed E-state index contributed by atoms with van der Waals surface area (Å²) in [6, 6.07) is 4.83. The summed E-state index contributed by atoms with van der Waals surface area (Å²) in [6.07, 6.45) is 1.59. The van der Waals surface area contributed by atoms with Crippen LogP contribution in [0, 0.1) is 5.92 Å². The average Bonchev–Trinajstić information content (AvgIpc) is 2.92. The van der Waals surface area contributed by atoms with E-state index in [0.29, 0.717) is 29.8 Å². The van der Waals surface area contributed by atoms with Crippen LogP contribution in [0.4, 0.5) is 0 Å². The van der Waals surface area contributed by atoms with Crippen LogP contribution in [0.5, 0.6) is 0 Å². The van der Waals surface area contributed by atoms with Gasteiger partial charge in [-0.3, -0.25) is 14.6 Å². The number of hydrogen-bond donors (Lipinski definition) is 2. The Balaban J connectivity index is 1.82. The van der Waals surface area contributed by atoms with Crippen molar-refractivity contribution in [2.45, 2.75) is 12.8 Å². The van der Waals surface area contributed by atoms with Crippen molar-refractivity contribution in [3.8, 4) is 0 Å². The highest BCUT2D eigenvalue weighted by Crippen LogP contribution is 2.20. The number of nitrogens with one attached hydrogen (secondary N) is 2. The zero-order chi connectivity index (χ0) is 15.7. The van der Waals surface area contributed by atoms with E-state index in [1.54, 1.807) is 30.1 Å². The monoisotopic (exact) mass is 303 g/mol. The van der Waals surface area contributed by atoms with Gasteiger partial charge in [0, 0.05) is 25.7 Å². The lowest BCUT2D eigenvalue weighted by Gasteiger charge is -2.31. The molecule has 0 radical (unpaired) electrons. The first-order valence-electron chi connectivity index (χ1n) is 7.22. The van der Waals surface area contributed by atoms with Crippen molar-refractivity contribution in [2.24, 2.45) is 5.92 Å². The van der Waals surface area contributed by atoms with Crippen molar-refractivity contribution in [3.05, 3.63) is 34.3 Å². The molecule has 0 spiro atoms. The van der Waals surface area contributed by atoms with Crippen LogP contribution < -0.4 is 11.1 Å². The number of rotatable bonds is 2. The molecule has 0 aliphatic carbocycles. The minimum atomic E-state index is -0.544. The standard InChI is InChI=1S/C15H17N3O4/c1-16-13(19)10-3-2-6-18(8-10)14(20)9-4-5-12-11(7-9)17-15(21)22-12/h4-5,7,10H,2-3,6,8H2,1H3,(H,16,19)(H,17,21). The number of H-pyrrole nitrogens is 1. The molecule has 1 aromatic carbocycles. The second-order valence-corrected chi connectivity index (χ2v) is 5.43. The molecule has 1 saturated heterocycles. The van der Waals surface area contributed by atoms with Crippen molar-refractivity contribution in [1.82, 2.24) is 15.2 Å². The number of likely N-dealkylation sites (tertiary alicyclic amines) is 1. The van der Waals surface area contributed by atoms with Gasteiger partial charge in [0.1, 0.15) is 0 Å². The molecule has 1 aliphatic heterocycles. The first kappa shape index (κ1) is 14.4. The average molecular weight is 303 g/mol. The van der Waals surface area contributed by atoms with Crippen molar-refractivity contribution in [2.75, 3.05) is 20.1 Å². The van der Waals surface area contributed by atoms with Gasteiger partial charge >= 0.3 is 5.76 Å². The highest BCUT2D eigenvalue weighted by molar-refractivity contribution is 5.97. The van der Waals surface area contributed by atoms with E-state index in [2.05, 4.69) is 10.3 Å². The summed E-state index contributed by atoms with van der Waals surface area (Å²) in [5.41, 5.74) is 1.39. The van der Waals surface area contributed by atoms with Crippen LogP contribution in [0.15, 0.2) is 27.4 Å². The van der Waals surface area contributed by atoms with Gasteiger partial charge in [0.2, 0.25) is 5.91 Å². The molecule has 22 heavy (non-hydrogen) atoms. The molecule has 0 bridgehead atoms. The number of piperidine rings is 1. The molecule has 2 amide bonds. The summed E-state index contributed by atoms with van der Waals surface area (Å²) < 4.78 is 4.92. The molecular weight excluding hydrogens is 286 g/mol. The van der Waals surface area contributed by atoms with E-state index >= 15 is 0 Å². The number of aromatic nitrogens is 1. The van der Waals surface area contributed by atoms with Crippen LogP contribution in [0.25, 0.3) is 11.1 Å². The number of amides is 2. The third-order valence-electron chi connectivity index (χ3n) is 3.99. The van der Waals surface area contributed by atoms with E-state index in [0.717, 1.165) is 12.8 Å². The van der Waals surface area contributed by atoms with Gasteiger partial charge in [-0.1, -0.05) is 0 Å². The van der Waals surface area contributed by atoms with Crippen molar-refractivity contribution >= 4 is 22.9 Å². The first-order valence-corrected chi connectivity index (χ1v) is 7.22. The predicted molar refractivity (Wildman–Crippen MR) is 79.5 cm³/mol. The van der Waals surface area contributed by atoms with Crippen LogP contribution in [-0.4, -0.2) is 41.8 Å². The highest BCUT2D eigenvalue weighted by atomic mass is 16.4. The molecule has 1 fully saturated rings. The van der Waals surface area contributed by atoms with Crippen LogP contribution in [0.3, 0.4) is 0 Å². The zero-order valence-electron chi connectivity index (χ0n) is 12.2. The third-order valence-corrected chi connectivity index (χ3v) is 3.99. The van der Waals surface area contributed by atoms with Gasteiger partial charge in [0.05, 0.1) is 11.4 Å². The summed E-state index contributed by atoms with van der Waals surface area (Å²) in [5.74, 6) is -0.887. The van der Waals surface area contributed by atoms with Crippen LogP contribution >= 0.6 is 0 Å². The van der Waals surface area contributed by atoms with Gasteiger partial charge in [-0.25, -0.2) is 4.79 Å². The lowest BCUT2D eigenvalue weighted by Crippen LogP contribution is -2.44. The van der Waals surface area contributed by atoms with Gasteiger partial charge in [-0.2, -0.15) is 0 Å². The fraction of sp³-hybridized carbons (Fsp3) is 0.400. The second-order valence-electron chi connectivity index (χ2n) is 5.43. The lowest BCUT2D eigenvalue weighted by atomic mass is 9.96. The van der Waals surface area contributed by atoms with E-state index in [9.17, 15) is 14.4 Å². The Labute approximate surface area is 126 Å². The minimum absolute atomic E-state index is 0.0351. The molecule has 3 rings (SSSR count).